The lowest BCUT2D eigenvalue weighted by Gasteiger charge is -2.10. The van der Waals surface area contributed by atoms with Crippen LogP contribution in [0.3, 0.4) is 0 Å². The minimum atomic E-state index is -0.305. The fourth-order valence-corrected chi connectivity index (χ4v) is 1.63. The number of halogens is 1. The van der Waals surface area contributed by atoms with Gasteiger partial charge in [-0.3, -0.25) is 0 Å². The summed E-state index contributed by atoms with van der Waals surface area (Å²) in [5.41, 5.74) is 0.815. The Morgan fingerprint density at radius 2 is 2.12 bits per heavy atom. The second-order valence-electron chi connectivity index (χ2n) is 4.54. The summed E-state index contributed by atoms with van der Waals surface area (Å²) in [7, 11) is 0. The topological polar surface area (TPSA) is 21.3 Å². The molecule has 2 nitrogen and oxygen atoms in total. The average molecular weight is 239 g/mol. The Hall–Kier alpha value is -1.25. The van der Waals surface area contributed by atoms with E-state index in [-0.39, 0.29) is 5.82 Å². The standard InChI is InChI=1S/C14H22FNO/c1-4-17-14-8-7-12(10-13(14)15)16-9-5-6-11(2)3/h7-8,10-11,16H,4-6,9H2,1-3H3. The Balaban J connectivity index is 2.41. The molecule has 0 spiro atoms. The summed E-state index contributed by atoms with van der Waals surface area (Å²) in [6, 6.07) is 5.01. The lowest BCUT2D eigenvalue weighted by Crippen LogP contribution is -2.04. The average Bonchev–Trinajstić information content (AvgIpc) is 2.28. The lowest BCUT2D eigenvalue weighted by molar-refractivity contribution is 0.321. The normalized spacial score (nSPS) is 10.6. The molecule has 0 aromatic heterocycles. The highest BCUT2D eigenvalue weighted by molar-refractivity contribution is 5.47. The molecule has 1 N–H and O–H groups in total. The molecular weight excluding hydrogens is 217 g/mol. The summed E-state index contributed by atoms with van der Waals surface area (Å²) in [5, 5.41) is 3.21. The Kier molecular flexibility index (Phi) is 5.81. The van der Waals surface area contributed by atoms with Gasteiger partial charge >= 0.3 is 0 Å². The zero-order chi connectivity index (χ0) is 12.7. The van der Waals surface area contributed by atoms with E-state index in [0.717, 1.165) is 18.7 Å². The molecule has 0 radical (unpaired) electrons. The van der Waals surface area contributed by atoms with Crippen LogP contribution in [0.15, 0.2) is 18.2 Å². The van der Waals surface area contributed by atoms with Gasteiger partial charge in [0.15, 0.2) is 11.6 Å². The van der Waals surface area contributed by atoms with Gasteiger partial charge in [-0.15, -0.1) is 0 Å². The van der Waals surface area contributed by atoms with Crippen molar-refractivity contribution in [3.8, 4) is 5.75 Å². The van der Waals surface area contributed by atoms with Crippen molar-refractivity contribution in [2.75, 3.05) is 18.5 Å². The van der Waals surface area contributed by atoms with Crippen LogP contribution in [0.1, 0.15) is 33.6 Å². The first-order chi connectivity index (χ1) is 8.13. The van der Waals surface area contributed by atoms with E-state index in [0.29, 0.717) is 18.3 Å². The summed E-state index contributed by atoms with van der Waals surface area (Å²) < 4.78 is 18.7. The second-order valence-corrected chi connectivity index (χ2v) is 4.54. The number of hydrogen-bond acceptors (Lipinski definition) is 2. The molecule has 0 bridgehead atoms. The van der Waals surface area contributed by atoms with Crippen molar-refractivity contribution in [2.45, 2.75) is 33.6 Å². The minimum Gasteiger partial charge on any atom is -0.491 e. The highest BCUT2D eigenvalue weighted by atomic mass is 19.1. The van der Waals surface area contributed by atoms with Gasteiger partial charge in [0, 0.05) is 18.3 Å². The molecule has 1 rings (SSSR count). The Morgan fingerprint density at radius 1 is 1.35 bits per heavy atom. The van der Waals surface area contributed by atoms with E-state index < -0.39 is 0 Å². The van der Waals surface area contributed by atoms with Gasteiger partial charge in [-0.2, -0.15) is 0 Å². The van der Waals surface area contributed by atoms with E-state index in [2.05, 4.69) is 19.2 Å². The molecule has 0 saturated heterocycles. The molecule has 0 heterocycles. The maximum absolute atomic E-state index is 13.5. The van der Waals surface area contributed by atoms with Gasteiger partial charge in [0.05, 0.1) is 6.61 Å². The minimum absolute atomic E-state index is 0.305. The highest BCUT2D eigenvalue weighted by Gasteiger charge is 2.03. The molecule has 1 aromatic rings. The molecule has 0 saturated carbocycles. The molecule has 0 aliphatic heterocycles. The van der Waals surface area contributed by atoms with Crippen molar-refractivity contribution in [1.82, 2.24) is 0 Å². The van der Waals surface area contributed by atoms with Crippen molar-refractivity contribution in [3.05, 3.63) is 24.0 Å². The molecule has 0 aliphatic carbocycles. The third-order valence-electron chi connectivity index (χ3n) is 2.52. The van der Waals surface area contributed by atoms with Crippen LogP contribution >= 0.6 is 0 Å². The number of ether oxygens (including phenoxy) is 1. The molecule has 96 valence electrons. The van der Waals surface area contributed by atoms with Crippen LogP contribution in [-0.2, 0) is 0 Å². The summed E-state index contributed by atoms with van der Waals surface area (Å²) in [5.74, 6) is 0.731. The van der Waals surface area contributed by atoms with E-state index in [1.54, 1.807) is 6.07 Å². The van der Waals surface area contributed by atoms with Crippen molar-refractivity contribution in [2.24, 2.45) is 5.92 Å². The van der Waals surface area contributed by atoms with Crippen LogP contribution < -0.4 is 10.1 Å². The largest absolute Gasteiger partial charge is 0.491 e. The molecular formula is C14H22FNO. The Morgan fingerprint density at radius 3 is 2.71 bits per heavy atom. The van der Waals surface area contributed by atoms with Crippen molar-refractivity contribution < 1.29 is 9.13 Å². The van der Waals surface area contributed by atoms with Crippen molar-refractivity contribution in [3.63, 3.8) is 0 Å². The third-order valence-corrected chi connectivity index (χ3v) is 2.52. The Bertz CT molecular complexity index is 339. The van der Waals surface area contributed by atoms with Crippen LogP contribution in [0.25, 0.3) is 0 Å². The van der Waals surface area contributed by atoms with Gasteiger partial charge < -0.3 is 10.1 Å². The third kappa shape index (κ3) is 5.07. The van der Waals surface area contributed by atoms with Crippen LogP contribution in [0, 0.1) is 11.7 Å². The van der Waals surface area contributed by atoms with Gasteiger partial charge in [0.2, 0.25) is 0 Å². The van der Waals surface area contributed by atoms with Crippen LogP contribution in [0.4, 0.5) is 10.1 Å². The van der Waals surface area contributed by atoms with Gasteiger partial charge in [0.25, 0.3) is 0 Å². The van der Waals surface area contributed by atoms with Crippen molar-refractivity contribution >= 4 is 5.69 Å². The summed E-state index contributed by atoms with van der Waals surface area (Å²) >= 11 is 0. The number of hydrogen-bond donors (Lipinski definition) is 1. The first kappa shape index (κ1) is 13.8. The Labute approximate surface area is 103 Å². The van der Waals surface area contributed by atoms with E-state index in [1.807, 2.05) is 13.0 Å². The maximum atomic E-state index is 13.5. The van der Waals surface area contributed by atoms with Gasteiger partial charge in [-0.05, 0) is 37.8 Å². The van der Waals surface area contributed by atoms with E-state index in [9.17, 15) is 4.39 Å². The highest BCUT2D eigenvalue weighted by Crippen LogP contribution is 2.21. The molecule has 0 atom stereocenters. The smallest absolute Gasteiger partial charge is 0.167 e. The van der Waals surface area contributed by atoms with E-state index >= 15 is 0 Å². The lowest BCUT2D eigenvalue weighted by atomic mass is 10.1. The first-order valence-corrected chi connectivity index (χ1v) is 6.29. The molecule has 3 heteroatoms. The fraction of sp³-hybridized carbons (Fsp3) is 0.571. The van der Waals surface area contributed by atoms with E-state index in [4.69, 9.17) is 4.74 Å². The second kappa shape index (κ2) is 7.15. The van der Waals surface area contributed by atoms with Crippen LogP contribution in [0.2, 0.25) is 0 Å². The zero-order valence-corrected chi connectivity index (χ0v) is 10.9. The van der Waals surface area contributed by atoms with Crippen LogP contribution in [-0.4, -0.2) is 13.2 Å². The SMILES string of the molecule is CCOc1ccc(NCCCC(C)C)cc1F. The number of nitrogens with one attached hydrogen (secondary N) is 1. The molecule has 0 amide bonds. The summed E-state index contributed by atoms with van der Waals surface area (Å²) in [6.45, 7) is 7.62. The maximum Gasteiger partial charge on any atom is 0.167 e. The summed E-state index contributed by atoms with van der Waals surface area (Å²) in [6.07, 6.45) is 2.29. The van der Waals surface area contributed by atoms with Crippen LogP contribution in [0.5, 0.6) is 5.75 Å². The van der Waals surface area contributed by atoms with Crippen molar-refractivity contribution in [1.29, 1.82) is 0 Å². The monoisotopic (exact) mass is 239 g/mol. The van der Waals surface area contributed by atoms with Gasteiger partial charge in [-0.25, -0.2) is 4.39 Å². The number of rotatable bonds is 7. The van der Waals surface area contributed by atoms with Gasteiger partial charge in [0.1, 0.15) is 0 Å². The molecule has 0 fully saturated rings. The van der Waals surface area contributed by atoms with Gasteiger partial charge in [-0.1, -0.05) is 13.8 Å². The van der Waals surface area contributed by atoms with E-state index in [1.165, 1.54) is 12.5 Å². The molecule has 0 unspecified atom stereocenters. The fourth-order valence-electron chi connectivity index (χ4n) is 1.63. The molecule has 0 aliphatic rings. The quantitative estimate of drug-likeness (QED) is 0.724. The predicted octanol–water partition coefficient (Wildman–Crippen LogP) is 4.07. The summed E-state index contributed by atoms with van der Waals surface area (Å²) in [4.78, 5) is 0. The first-order valence-electron chi connectivity index (χ1n) is 6.29. The zero-order valence-electron chi connectivity index (χ0n) is 10.9. The number of benzene rings is 1. The molecule has 17 heavy (non-hydrogen) atoms. The molecule has 1 aromatic carbocycles. The predicted molar refractivity (Wildman–Crippen MR) is 70.1 cm³/mol. The number of anilines is 1.